The summed E-state index contributed by atoms with van der Waals surface area (Å²) in [7, 11) is 1.44. The number of rotatable bonds is 5. The zero-order chi connectivity index (χ0) is 16.3. The molecule has 0 spiro atoms. The summed E-state index contributed by atoms with van der Waals surface area (Å²) >= 11 is 1.22. The molecular weight excluding hydrogens is 317 g/mol. The Labute approximate surface area is 129 Å². The minimum absolute atomic E-state index is 0.0532. The van der Waals surface area contributed by atoms with E-state index in [0.29, 0.717) is 21.8 Å². The molecule has 0 saturated heterocycles. The Kier molecular flexibility index (Phi) is 5.10. The lowest BCUT2D eigenvalue weighted by molar-refractivity contribution is -0.137. The van der Waals surface area contributed by atoms with E-state index in [1.807, 2.05) is 0 Å². The maximum absolute atomic E-state index is 12.8. The number of hydrogen-bond acceptors (Lipinski definition) is 4. The number of alkyl halides is 3. The smallest absolute Gasteiger partial charge is 0.416 e. The van der Waals surface area contributed by atoms with Gasteiger partial charge < -0.3 is 14.6 Å². The normalized spacial score (nSPS) is 13.2. The van der Waals surface area contributed by atoms with Gasteiger partial charge in [0.05, 0.1) is 16.5 Å². The van der Waals surface area contributed by atoms with Gasteiger partial charge in [0.25, 0.3) is 0 Å². The molecule has 0 radical (unpaired) electrons. The lowest BCUT2D eigenvalue weighted by atomic mass is 10.1. The molecule has 2 aromatic rings. The van der Waals surface area contributed by atoms with E-state index in [1.165, 1.54) is 24.5 Å². The topological polar surface area (TPSA) is 38.7 Å². The second-order valence-corrected chi connectivity index (χ2v) is 5.53. The minimum atomic E-state index is -4.41. The molecule has 3 nitrogen and oxygen atoms in total. The Morgan fingerprint density at radius 1 is 1.32 bits per heavy atom. The Morgan fingerprint density at radius 3 is 2.64 bits per heavy atom. The van der Waals surface area contributed by atoms with Crippen LogP contribution in [0.2, 0.25) is 0 Å². The highest BCUT2D eigenvalue weighted by atomic mass is 32.1. The minimum Gasteiger partial charge on any atom is -0.466 e. The molecular formula is C15H15F3O3S. The number of aliphatic hydroxyl groups excluding tert-OH is 1. The maximum atomic E-state index is 12.8. The SMILES string of the molecule is COCOc1c(C(C)O)csc1-c1cccc(C(F)(F)F)c1. The molecule has 22 heavy (non-hydrogen) atoms. The van der Waals surface area contributed by atoms with Gasteiger partial charge in [0.15, 0.2) is 6.79 Å². The van der Waals surface area contributed by atoms with Crippen molar-refractivity contribution in [3.63, 3.8) is 0 Å². The molecule has 0 bridgehead atoms. The van der Waals surface area contributed by atoms with Crippen molar-refractivity contribution in [2.24, 2.45) is 0 Å². The number of aliphatic hydroxyl groups is 1. The first-order valence-corrected chi connectivity index (χ1v) is 7.31. The van der Waals surface area contributed by atoms with Crippen LogP contribution in [0.4, 0.5) is 13.2 Å². The van der Waals surface area contributed by atoms with E-state index >= 15 is 0 Å². The van der Waals surface area contributed by atoms with Crippen LogP contribution in [0.5, 0.6) is 5.75 Å². The third kappa shape index (κ3) is 3.60. The Hall–Kier alpha value is -1.57. The number of methoxy groups -OCH3 is 1. The molecule has 1 aromatic heterocycles. The molecule has 0 fully saturated rings. The Balaban J connectivity index is 2.48. The highest BCUT2D eigenvalue weighted by Crippen LogP contribution is 2.43. The molecule has 7 heteroatoms. The average Bonchev–Trinajstić information content (AvgIpc) is 2.88. The maximum Gasteiger partial charge on any atom is 0.416 e. The van der Waals surface area contributed by atoms with Gasteiger partial charge in [-0.05, 0) is 24.6 Å². The summed E-state index contributed by atoms with van der Waals surface area (Å²) in [4.78, 5) is 0.527. The number of halogens is 3. The molecule has 1 atom stereocenters. The Morgan fingerprint density at radius 2 is 2.05 bits per heavy atom. The average molecular weight is 332 g/mol. The van der Waals surface area contributed by atoms with Gasteiger partial charge in [-0.3, -0.25) is 0 Å². The lowest BCUT2D eigenvalue weighted by Crippen LogP contribution is -2.05. The van der Waals surface area contributed by atoms with Crippen LogP contribution in [0.25, 0.3) is 10.4 Å². The van der Waals surface area contributed by atoms with E-state index in [4.69, 9.17) is 9.47 Å². The van der Waals surface area contributed by atoms with Crippen LogP contribution in [-0.4, -0.2) is 19.0 Å². The van der Waals surface area contributed by atoms with Crippen LogP contribution in [0, 0.1) is 0 Å². The number of benzene rings is 1. The Bertz CT molecular complexity index is 635. The standard InChI is InChI=1S/C15H15F3O3S/c1-9(19)12-7-22-14(13(12)21-8-20-2)10-4-3-5-11(6-10)15(16,17)18/h3-7,9,19H,8H2,1-2H3. The van der Waals surface area contributed by atoms with Crippen LogP contribution in [0.3, 0.4) is 0 Å². The van der Waals surface area contributed by atoms with E-state index in [9.17, 15) is 18.3 Å². The molecule has 1 heterocycles. The molecule has 0 aliphatic rings. The van der Waals surface area contributed by atoms with Crippen molar-refractivity contribution in [1.29, 1.82) is 0 Å². The van der Waals surface area contributed by atoms with E-state index < -0.39 is 17.8 Å². The van der Waals surface area contributed by atoms with E-state index in [1.54, 1.807) is 18.4 Å². The first-order chi connectivity index (χ1) is 10.3. The van der Waals surface area contributed by atoms with Gasteiger partial charge in [-0.1, -0.05) is 12.1 Å². The van der Waals surface area contributed by atoms with Gasteiger partial charge in [-0.15, -0.1) is 11.3 Å². The monoisotopic (exact) mass is 332 g/mol. The molecule has 120 valence electrons. The van der Waals surface area contributed by atoms with Gasteiger partial charge in [0, 0.05) is 18.1 Å². The van der Waals surface area contributed by atoms with Crippen molar-refractivity contribution >= 4 is 11.3 Å². The van der Waals surface area contributed by atoms with Gasteiger partial charge >= 0.3 is 6.18 Å². The molecule has 1 N–H and O–H groups in total. The number of thiophene rings is 1. The van der Waals surface area contributed by atoms with Crippen LogP contribution in [0.1, 0.15) is 24.2 Å². The summed E-state index contributed by atoms with van der Waals surface area (Å²) < 4.78 is 48.8. The van der Waals surface area contributed by atoms with Crippen LogP contribution >= 0.6 is 11.3 Å². The van der Waals surface area contributed by atoms with Crippen molar-refractivity contribution in [3.8, 4) is 16.2 Å². The van der Waals surface area contributed by atoms with Crippen LogP contribution in [0.15, 0.2) is 29.6 Å². The lowest BCUT2D eigenvalue weighted by Gasteiger charge is -2.12. The third-order valence-electron chi connectivity index (χ3n) is 3.00. The van der Waals surface area contributed by atoms with Crippen molar-refractivity contribution in [2.75, 3.05) is 13.9 Å². The van der Waals surface area contributed by atoms with Gasteiger partial charge in [0.2, 0.25) is 0 Å². The third-order valence-corrected chi connectivity index (χ3v) is 4.02. The zero-order valence-electron chi connectivity index (χ0n) is 12.0. The molecule has 0 saturated carbocycles. The largest absolute Gasteiger partial charge is 0.466 e. The summed E-state index contributed by atoms with van der Waals surface area (Å²) in [6.45, 7) is 1.51. The van der Waals surface area contributed by atoms with Crippen molar-refractivity contribution < 1.29 is 27.8 Å². The zero-order valence-corrected chi connectivity index (χ0v) is 12.8. The summed E-state index contributed by atoms with van der Waals surface area (Å²) in [6.07, 6.45) is -5.20. The predicted molar refractivity (Wildman–Crippen MR) is 77.9 cm³/mol. The van der Waals surface area contributed by atoms with Crippen molar-refractivity contribution in [2.45, 2.75) is 19.2 Å². The second kappa shape index (κ2) is 6.68. The summed E-state index contributed by atoms with van der Waals surface area (Å²) in [5, 5.41) is 11.4. The van der Waals surface area contributed by atoms with Crippen LogP contribution < -0.4 is 4.74 Å². The molecule has 1 aromatic carbocycles. The highest BCUT2D eigenvalue weighted by Gasteiger charge is 2.31. The van der Waals surface area contributed by atoms with Gasteiger partial charge in [-0.2, -0.15) is 13.2 Å². The van der Waals surface area contributed by atoms with E-state index in [2.05, 4.69) is 0 Å². The summed E-state index contributed by atoms with van der Waals surface area (Å²) in [5.74, 6) is 0.348. The first-order valence-electron chi connectivity index (χ1n) is 6.43. The summed E-state index contributed by atoms with van der Waals surface area (Å²) in [6, 6.07) is 5.01. The van der Waals surface area contributed by atoms with E-state index in [-0.39, 0.29) is 6.79 Å². The number of ether oxygens (including phenoxy) is 2. The summed E-state index contributed by atoms with van der Waals surface area (Å²) in [5.41, 5.74) is 0.182. The fourth-order valence-corrected chi connectivity index (χ4v) is 3.05. The van der Waals surface area contributed by atoms with Gasteiger partial charge in [0.1, 0.15) is 5.75 Å². The second-order valence-electron chi connectivity index (χ2n) is 4.65. The first kappa shape index (κ1) is 16.8. The quantitative estimate of drug-likeness (QED) is 0.821. The highest BCUT2D eigenvalue weighted by molar-refractivity contribution is 7.14. The van der Waals surface area contributed by atoms with Crippen molar-refractivity contribution in [3.05, 3.63) is 40.8 Å². The van der Waals surface area contributed by atoms with Crippen LogP contribution in [-0.2, 0) is 10.9 Å². The van der Waals surface area contributed by atoms with Gasteiger partial charge in [-0.25, -0.2) is 0 Å². The molecule has 0 aliphatic carbocycles. The fraction of sp³-hybridized carbons (Fsp3) is 0.333. The van der Waals surface area contributed by atoms with Crippen molar-refractivity contribution in [1.82, 2.24) is 0 Å². The molecule has 1 unspecified atom stereocenters. The molecule has 0 amide bonds. The molecule has 0 aliphatic heterocycles. The number of hydrogen-bond donors (Lipinski definition) is 1. The fourth-order valence-electron chi connectivity index (χ4n) is 1.95. The molecule has 2 rings (SSSR count). The van der Waals surface area contributed by atoms with E-state index in [0.717, 1.165) is 12.1 Å². The predicted octanol–water partition coefficient (Wildman–Crippen LogP) is 4.47.